The quantitative estimate of drug-likeness (QED) is 0.618. The fraction of sp³-hybridized carbons (Fsp3) is 0.609. The van der Waals surface area contributed by atoms with Gasteiger partial charge in [0.05, 0.1) is 11.4 Å². The van der Waals surface area contributed by atoms with Crippen LogP contribution in [-0.2, 0) is 29.0 Å². The van der Waals surface area contributed by atoms with Crippen LogP contribution in [0.3, 0.4) is 0 Å². The third kappa shape index (κ3) is 5.68. The summed E-state index contributed by atoms with van der Waals surface area (Å²) in [7, 11) is -2.60. The molecule has 1 aliphatic rings. The summed E-state index contributed by atoms with van der Waals surface area (Å²) in [5, 5.41) is 2.75. The van der Waals surface area contributed by atoms with Gasteiger partial charge in [0.15, 0.2) is 21.2 Å². The Kier molecular flexibility index (Phi) is 7.75. The van der Waals surface area contributed by atoms with Gasteiger partial charge >= 0.3 is 5.97 Å². The number of aryl methyl sites for hydroxylation is 2. The maximum atomic E-state index is 13.6. The molecule has 1 aromatic carbocycles. The number of benzene rings is 1. The van der Waals surface area contributed by atoms with Gasteiger partial charge in [0.2, 0.25) is 5.91 Å². The van der Waals surface area contributed by atoms with E-state index in [4.69, 9.17) is 4.74 Å². The number of likely N-dealkylation sites (N-methyl/N-ethyl adjacent to an activating group) is 1. The van der Waals surface area contributed by atoms with Crippen LogP contribution in [0.5, 0.6) is 0 Å². The van der Waals surface area contributed by atoms with Crippen molar-refractivity contribution in [2.75, 3.05) is 20.2 Å². The normalized spacial score (nSPS) is 15.8. The Morgan fingerprint density at radius 2 is 1.72 bits per heavy atom. The molecular weight excluding hydrogens is 432 g/mol. The van der Waals surface area contributed by atoms with Crippen LogP contribution in [0.25, 0.3) is 0 Å². The van der Waals surface area contributed by atoms with Crippen LogP contribution in [0, 0.1) is 13.8 Å². The second kappa shape index (κ2) is 9.60. The molecule has 178 valence electrons. The van der Waals surface area contributed by atoms with Gasteiger partial charge in [0, 0.05) is 12.6 Å². The molecule has 1 aliphatic carbocycles. The number of hydrogen-bond donors (Lipinski definition) is 1. The van der Waals surface area contributed by atoms with Crippen LogP contribution < -0.4 is 5.32 Å². The van der Waals surface area contributed by atoms with Crippen LogP contribution in [0.1, 0.15) is 57.6 Å². The van der Waals surface area contributed by atoms with Crippen molar-refractivity contribution in [2.24, 2.45) is 0 Å². The first-order valence-electron chi connectivity index (χ1n) is 10.7. The molecule has 9 heteroatoms. The summed E-state index contributed by atoms with van der Waals surface area (Å²) >= 11 is 0. The van der Waals surface area contributed by atoms with E-state index in [1.54, 1.807) is 26.0 Å². The fourth-order valence-corrected chi connectivity index (χ4v) is 6.22. The molecule has 0 atom stereocenters. The Morgan fingerprint density at radius 1 is 1.12 bits per heavy atom. The van der Waals surface area contributed by atoms with E-state index in [1.807, 2.05) is 26.8 Å². The van der Waals surface area contributed by atoms with Crippen LogP contribution in [0.4, 0.5) is 0 Å². The molecule has 0 bridgehead atoms. The smallest absolute Gasteiger partial charge is 0.328 e. The minimum atomic E-state index is -4.02. The second-order valence-electron chi connectivity index (χ2n) is 9.60. The lowest BCUT2D eigenvalue weighted by Gasteiger charge is -2.28. The molecule has 1 fully saturated rings. The number of carbonyl (C=O) groups excluding carboxylic acids is 3. The Bertz CT molecular complexity index is 988. The second-order valence-corrected chi connectivity index (χ2v) is 11.8. The number of esters is 1. The molecule has 2 rings (SSSR count). The van der Waals surface area contributed by atoms with E-state index in [1.165, 1.54) is 7.05 Å². The zero-order valence-electron chi connectivity index (χ0n) is 19.8. The maximum Gasteiger partial charge on any atom is 0.328 e. The third-order valence-corrected chi connectivity index (χ3v) is 8.20. The predicted molar refractivity (Wildman–Crippen MR) is 121 cm³/mol. The van der Waals surface area contributed by atoms with Gasteiger partial charge in [-0.15, -0.1) is 0 Å². The van der Waals surface area contributed by atoms with Crippen LogP contribution in [0.15, 0.2) is 23.1 Å². The first kappa shape index (κ1) is 25.8. The number of hydrogen-bond acceptors (Lipinski definition) is 6. The average molecular weight is 467 g/mol. The molecule has 2 amide bonds. The molecule has 0 spiro atoms. The monoisotopic (exact) mass is 466 g/mol. The number of carbonyl (C=O) groups is 3. The molecule has 0 heterocycles. The van der Waals surface area contributed by atoms with Gasteiger partial charge in [0.1, 0.15) is 0 Å². The highest BCUT2D eigenvalue weighted by Crippen LogP contribution is 2.42. The lowest BCUT2D eigenvalue weighted by molar-refractivity contribution is -0.154. The number of rotatable bonds is 7. The average Bonchev–Trinajstić information content (AvgIpc) is 3.17. The van der Waals surface area contributed by atoms with E-state index in [2.05, 4.69) is 5.32 Å². The lowest BCUT2D eigenvalue weighted by atomic mass is 10.1. The summed E-state index contributed by atoms with van der Waals surface area (Å²) in [6.45, 7) is 8.15. The van der Waals surface area contributed by atoms with Gasteiger partial charge in [-0.25, -0.2) is 8.42 Å². The SMILES string of the molecule is Cc1ccc(C)c(S(=O)(=O)C2(C(=O)OCC(=O)N(C)CC(=O)NC(C)(C)C)CCCC2)c1. The van der Waals surface area contributed by atoms with E-state index in [-0.39, 0.29) is 30.2 Å². The fourth-order valence-electron chi connectivity index (χ4n) is 3.87. The summed E-state index contributed by atoms with van der Waals surface area (Å²) < 4.78 is 30.7. The van der Waals surface area contributed by atoms with Crippen molar-refractivity contribution in [3.63, 3.8) is 0 Å². The van der Waals surface area contributed by atoms with E-state index < -0.39 is 38.6 Å². The van der Waals surface area contributed by atoms with Crippen LogP contribution in [0.2, 0.25) is 0 Å². The molecule has 0 aliphatic heterocycles. The molecule has 0 aromatic heterocycles. The summed E-state index contributed by atoms with van der Waals surface area (Å²) in [5.74, 6) is -1.83. The number of sulfone groups is 1. The van der Waals surface area contributed by atoms with Crippen molar-refractivity contribution in [1.82, 2.24) is 10.2 Å². The summed E-state index contributed by atoms with van der Waals surface area (Å²) in [5.41, 5.74) is 0.904. The largest absolute Gasteiger partial charge is 0.454 e. The predicted octanol–water partition coefficient (Wildman–Crippen LogP) is 2.31. The topological polar surface area (TPSA) is 110 Å². The first-order chi connectivity index (χ1) is 14.7. The van der Waals surface area contributed by atoms with Crippen molar-refractivity contribution in [2.45, 2.75) is 75.5 Å². The van der Waals surface area contributed by atoms with Crippen LogP contribution >= 0.6 is 0 Å². The van der Waals surface area contributed by atoms with E-state index in [0.29, 0.717) is 18.4 Å². The highest BCUT2D eigenvalue weighted by atomic mass is 32.2. The Balaban J connectivity index is 2.15. The van der Waals surface area contributed by atoms with Gasteiger partial charge < -0.3 is 15.0 Å². The standard InChI is InChI=1S/C23H34N2O6S/c1-16-9-10-17(2)18(13-16)32(29,30)23(11-7-8-12-23)21(28)31-15-20(27)25(6)14-19(26)24-22(3,4)5/h9-10,13H,7-8,11-12,14-15H2,1-6H3,(H,24,26). The van der Waals surface area contributed by atoms with E-state index in [0.717, 1.165) is 10.5 Å². The Labute approximate surface area is 190 Å². The molecule has 0 saturated heterocycles. The Hall–Kier alpha value is -2.42. The summed E-state index contributed by atoms with van der Waals surface area (Å²) in [6.07, 6.45) is 1.47. The molecule has 0 unspecified atom stereocenters. The van der Waals surface area contributed by atoms with Gasteiger partial charge in [-0.3, -0.25) is 14.4 Å². The van der Waals surface area contributed by atoms with Gasteiger partial charge in [0.25, 0.3) is 5.91 Å². The van der Waals surface area contributed by atoms with E-state index >= 15 is 0 Å². The third-order valence-electron chi connectivity index (χ3n) is 5.58. The maximum absolute atomic E-state index is 13.6. The zero-order valence-corrected chi connectivity index (χ0v) is 20.6. The minimum absolute atomic E-state index is 0.124. The highest BCUT2D eigenvalue weighted by Gasteiger charge is 2.54. The summed E-state index contributed by atoms with van der Waals surface area (Å²) in [6, 6.07) is 5.11. The number of nitrogens with zero attached hydrogens (tertiary/aromatic N) is 1. The van der Waals surface area contributed by atoms with Crippen molar-refractivity contribution in [1.29, 1.82) is 0 Å². The van der Waals surface area contributed by atoms with E-state index in [9.17, 15) is 22.8 Å². The van der Waals surface area contributed by atoms with Crippen molar-refractivity contribution in [3.05, 3.63) is 29.3 Å². The molecule has 32 heavy (non-hydrogen) atoms. The molecule has 1 saturated carbocycles. The molecule has 0 radical (unpaired) electrons. The highest BCUT2D eigenvalue weighted by molar-refractivity contribution is 7.93. The van der Waals surface area contributed by atoms with Crippen molar-refractivity contribution < 1.29 is 27.5 Å². The van der Waals surface area contributed by atoms with Crippen molar-refractivity contribution in [3.8, 4) is 0 Å². The number of amides is 2. The van der Waals surface area contributed by atoms with Crippen LogP contribution in [-0.4, -0.2) is 61.6 Å². The van der Waals surface area contributed by atoms with Gasteiger partial charge in [-0.1, -0.05) is 25.0 Å². The zero-order chi connectivity index (χ0) is 24.3. The minimum Gasteiger partial charge on any atom is -0.454 e. The van der Waals surface area contributed by atoms with Crippen molar-refractivity contribution >= 4 is 27.6 Å². The number of nitrogens with one attached hydrogen (secondary N) is 1. The van der Waals surface area contributed by atoms with Gasteiger partial charge in [-0.05, 0) is 64.7 Å². The molecule has 1 N–H and O–H groups in total. The summed E-state index contributed by atoms with van der Waals surface area (Å²) in [4.78, 5) is 38.8. The molecule has 1 aromatic rings. The van der Waals surface area contributed by atoms with Gasteiger partial charge in [-0.2, -0.15) is 0 Å². The molecule has 8 nitrogen and oxygen atoms in total. The Morgan fingerprint density at radius 3 is 2.28 bits per heavy atom. The number of ether oxygens (including phenoxy) is 1. The lowest BCUT2D eigenvalue weighted by Crippen LogP contribution is -2.48. The first-order valence-corrected chi connectivity index (χ1v) is 12.2. The molecular formula is C23H34N2O6S.